The molecular weight excluding hydrogens is 368 g/mol. The highest BCUT2D eigenvalue weighted by Crippen LogP contribution is 2.37. The Balaban J connectivity index is 0.00000136. The Kier molecular flexibility index (Phi) is 8.40. The van der Waals surface area contributed by atoms with Gasteiger partial charge < -0.3 is 19.0 Å². The zero-order valence-corrected chi connectivity index (χ0v) is 18.7. The molecule has 0 aromatic heterocycles. The summed E-state index contributed by atoms with van der Waals surface area (Å²) < 4.78 is 18.2. The molecular formula is C23H34O4Si. The van der Waals surface area contributed by atoms with E-state index in [1.54, 1.807) is 7.11 Å². The number of rotatable bonds is 6. The maximum atomic E-state index is 7.00. The molecule has 154 valence electrons. The second kappa shape index (κ2) is 10.3. The first-order chi connectivity index (χ1) is 13.5. The van der Waals surface area contributed by atoms with Gasteiger partial charge in [0.25, 0.3) is 8.32 Å². The predicted molar refractivity (Wildman–Crippen MR) is 117 cm³/mol. The summed E-state index contributed by atoms with van der Waals surface area (Å²) in [5.41, 5.74) is 0. The highest BCUT2D eigenvalue weighted by Gasteiger charge is 2.50. The summed E-state index contributed by atoms with van der Waals surface area (Å²) in [5, 5.41) is 9.61. The average molecular weight is 403 g/mol. The van der Waals surface area contributed by atoms with Crippen molar-refractivity contribution in [3.8, 4) is 0 Å². The molecule has 2 atom stereocenters. The molecule has 0 spiro atoms. The van der Waals surface area contributed by atoms with Crippen LogP contribution in [0.2, 0.25) is 5.04 Å². The summed E-state index contributed by atoms with van der Waals surface area (Å²) in [6, 6.07) is 21.5. The van der Waals surface area contributed by atoms with Crippen molar-refractivity contribution in [3.05, 3.63) is 60.7 Å². The van der Waals surface area contributed by atoms with Crippen LogP contribution in [0.25, 0.3) is 0 Å². The first-order valence-electron chi connectivity index (χ1n) is 9.85. The molecule has 1 fully saturated rings. The molecule has 1 heterocycles. The lowest BCUT2D eigenvalue weighted by molar-refractivity contribution is -0.121. The number of aliphatic hydroxyl groups is 1. The van der Waals surface area contributed by atoms with E-state index in [1.807, 2.05) is 0 Å². The summed E-state index contributed by atoms with van der Waals surface area (Å²) in [5.74, 6) is 0. The summed E-state index contributed by atoms with van der Waals surface area (Å²) in [7, 11) is 0.235. The van der Waals surface area contributed by atoms with Gasteiger partial charge in [-0.15, -0.1) is 0 Å². The van der Waals surface area contributed by atoms with Crippen LogP contribution in [0.1, 0.15) is 33.6 Å². The second-order valence-electron chi connectivity index (χ2n) is 7.97. The highest BCUT2D eigenvalue weighted by atomic mass is 28.4. The Morgan fingerprint density at radius 2 is 1.43 bits per heavy atom. The van der Waals surface area contributed by atoms with Crippen molar-refractivity contribution >= 4 is 18.7 Å². The van der Waals surface area contributed by atoms with Crippen LogP contribution in [0, 0.1) is 0 Å². The zero-order valence-electron chi connectivity index (χ0n) is 17.7. The Labute approximate surface area is 170 Å². The van der Waals surface area contributed by atoms with Crippen molar-refractivity contribution in [2.45, 2.75) is 51.0 Å². The number of ether oxygens (including phenoxy) is 2. The van der Waals surface area contributed by atoms with Crippen molar-refractivity contribution in [1.82, 2.24) is 0 Å². The van der Waals surface area contributed by atoms with Crippen LogP contribution in [0.15, 0.2) is 60.7 Å². The maximum Gasteiger partial charge on any atom is 0.261 e. The van der Waals surface area contributed by atoms with Gasteiger partial charge in [-0.05, 0) is 21.8 Å². The molecule has 4 nitrogen and oxygen atoms in total. The van der Waals surface area contributed by atoms with Gasteiger partial charge in [0.1, 0.15) is 0 Å². The SMILES string of the molecule is CO.CO[C@@H]1CC[C@@H](CO[Si](c2ccccc2)(c2ccccc2)C(C)(C)C)O1. The van der Waals surface area contributed by atoms with Gasteiger partial charge in [0, 0.05) is 20.6 Å². The van der Waals surface area contributed by atoms with Gasteiger partial charge in [0.2, 0.25) is 0 Å². The lowest BCUT2D eigenvalue weighted by Gasteiger charge is -2.43. The van der Waals surface area contributed by atoms with Crippen LogP contribution in [0.5, 0.6) is 0 Å². The molecule has 2 aromatic rings. The molecule has 1 saturated heterocycles. The Morgan fingerprint density at radius 3 is 1.82 bits per heavy atom. The van der Waals surface area contributed by atoms with E-state index in [0.717, 1.165) is 20.0 Å². The fourth-order valence-electron chi connectivity index (χ4n) is 3.95. The number of methoxy groups -OCH3 is 1. The van der Waals surface area contributed by atoms with Gasteiger partial charge in [0.15, 0.2) is 6.29 Å². The summed E-state index contributed by atoms with van der Waals surface area (Å²) >= 11 is 0. The van der Waals surface area contributed by atoms with Gasteiger partial charge in [-0.25, -0.2) is 0 Å². The molecule has 1 N–H and O–H groups in total. The maximum absolute atomic E-state index is 7.00. The number of hydrogen-bond acceptors (Lipinski definition) is 4. The van der Waals surface area contributed by atoms with Crippen LogP contribution in [-0.4, -0.2) is 46.6 Å². The molecule has 2 aromatic carbocycles. The van der Waals surface area contributed by atoms with E-state index in [1.165, 1.54) is 10.4 Å². The van der Waals surface area contributed by atoms with Crippen molar-refractivity contribution < 1.29 is 19.0 Å². The van der Waals surface area contributed by atoms with Gasteiger partial charge in [-0.2, -0.15) is 0 Å². The normalized spacial score (nSPS) is 19.8. The molecule has 1 aliphatic rings. The minimum absolute atomic E-state index is 0.00499. The Hall–Kier alpha value is -1.50. The zero-order chi connectivity index (χ0) is 20.6. The van der Waals surface area contributed by atoms with Gasteiger partial charge in [-0.1, -0.05) is 81.4 Å². The molecule has 1 aliphatic heterocycles. The van der Waals surface area contributed by atoms with E-state index in [4.69, 9.17) is 19.0 Å². The summed E-state index contributed by atoms with van der Waals surface area (Å²) in [6.07, 6.45) is 1.92. The quantitative estimate of drug-likeness (QED) is 0.753. The average Bonchev–Trinajstić information content (AvgIpc) is 3.19. The van der Waals surface area contributed by atoms with Gasteiger partial charge in [0.05, 0.1) is 12.7 Å². The number of hydrogen-bond donors (Lipinski definition) is 1. The van der Waals surface area contributed by atoms with Crippen molar-refractivity contribution in [2.24, 2.45) is 0 Å². The van der Waals surface area contributed by atoms with Crippen molar-refractivity contribution in [1.29, 1.82) is 0 Å². The largest absolute Gasteiger partial charge is 0.405 e. The van der Waals surface area contributed by atoms with Gasteiger partial charge in [-0.3, -0.25) is 0 Å². The lowest BCUT2D eigenvalue weighted by atomic mass is 10.2. The molecule has 5 heteroatoms. The fraction of sp³-hybridized carbons (Fsp3) is 0.478. The predicted octanol–water partition coefficient (Wildman–Crippen LogP) is 3.32. The first kappa shape index (κ1) is 22.8. The molecule has 0 aliphatic carbocycles. The molecule has 0 bridgehead atoms. The summed E-state index contributed by atoms with van der Waals surface area (Å²) in [4.78, 5) is 0. The van der Waals surface area contributed by atoms with E-state index in [2.05, 4.69) is 81.4 Å². The Bertz CT molecular complexity index is 645. The molecule has 0 unspecified atom stereocenters. The van der Waals surface area contributed by atoms with Crippen molar-refractivity contribution in [2.75, 3.05) is 20.8 Å². The van der Waals surface area contributed by atoms with E-state index in [-0.39, 0.29) is 17.4 Å². The first-order valence-corrected chi connectivity index (χ1v) is 11.8. The summed E-state index contributed by atoms with van der Waals surface area (Å²) in [6.45, 7) is 7.50. The molecule has 0 saturated carbocycles. The highest BCUT2D eigenvalue weighted by molar-refractivity contribution is 6.99. The third-order valence-electron chi connectivity index (χ3n) is 5.23. The number of aliphatic hydroxyl groups excluding tert-OH is 1. The van der Waals surface area contributed by atoms with E-state index < -0.39 is 8.32 Å². The van der Waals surface area contributed by atoms with Crippen LogP contribution < -0.4 is 10.4 Å². The van der Waals surface area contributed by atoms with Crippen LogP contribution >= 0.6 is 0 Å². The van der Waals surface area contributed by atoms with Crippen molar-refractivity contribution in [3.63, 3.8) is 0 Å². The van der Waals surface area contributed by atoms with Crippen LogP contribution in [-0.2, 0) is 13.9 Å². The van der Waals surface area contributed by atoms with E-state index in [9.17, 15) is 0 Å². The lowest BCUT2D eigenvalue weighted by Crippen LogP contribution is -2.67. The third-order valence-corrected chi connectivity index (χ3v) is 10.2. The minimum atomic E-state index is -2.47. The number of benzene rings is 2. The van der Waals surface area contributed by atoms with Gasteiger partial charge >= 0.3 is 0 Å². The Morgan fingerprint density at radius 1 is 0.929 bits per heavy atom. The fourth-order valence-corrected chi connectivity index (χ4v) is 8.54. The smallest absolute Gasteiger partial charge is 0.261 e. The molecule has 28 heavy (non-hydrogen) atoms. The third kappa shape index (κ3) is 4.91. The van der Waals surface area contributed by atoms with Crippen LogP contribution in [0.3, 0.4) is 0 Å². The van der Waals surface area contributed by atoms with Crippen LogP contribution in [0.4, 0.5) is 0 Å². The molecule has 0 radical (unpaired) electrons. The minimum Gasteiger partial charge on any atom is -0.405 e. The topological polar surface area (TPSA) is 47.9 Å². The van der Waals surface area contributed by atoms with E-state index in [0.29, 0.717) is 6.61 Å². The molecule has 3 rings (SSSR count). The monoisotopic (exact) mass is 402 g/mol. The van der Waals surface area contributed by atoms with E-state index >= 15 is 0 Å². The second-order valence-corrected chi connectivity index (χ2v) is 12.3. The molecule has 0 amide bonds. The standard InChI is InChI=1S/C22H30O3Si.CH4O/c1-22(2,3)26(19-11-7-5-8-12-19,20-13-9-6-10-14-20)24-17-18-15-16-21(23-4)25-18;1-2/h5-14,18,21H,15-17H2,1-4H3;2H,1H3/t18-,21-;/m0./s1.